The Hall–Kier alpha value is -3.18. The molecule has 1 fully saturated rings. The zero-order valence-corrected chi connectivity index (χ0v) is 17.1. The average molecular weight is 434 g/mol. The third-order valence-electron chi connectivity index (χ3n) is 4.59. The highest BCUT2D eigenvalue weighted by Crippen LogP contribution is 2.21. The number of likely N-dealkylation sites (N-methyl/N-ethyl adjacent to an activating group) is 1. The van der Waals surface area contributed by atoms with Gasteiger partial charge >= 0.3 is 0 Å². The van der Waals surface area contributed by atoms with Crippen LogP contribution in [0.4, 0.5) is 0 Å². The number of nitrogens with zero attached hydrogens (tertiary/aromatic N) is 2. The fourth-order valence-corrected chi connectivity index (χ4v) is 4.49. The largest absolute Gasteiger partial charge is 0.459 e. The maximum atomic E-state index is 12.5. The fraction of sp³-hybridized carbons (Fsp3) is 0.316. The second kappa shape index (κ2) is 9.09. The Kier molecular flexibility index (Phi) is 6.53. The van der Waals surface area contributed by atoms with E-state index in [1.807, 2.05) is 0 Å². The molecule has 3 amide bonds. The molecule has 0 unspecified atom stereocenters. The average Bonchev–Trinajstić information content (AvgIpc) is 3.46. The maximum absolute atomic E-state index is 12.5. The first-order chi connectivity index (χ1) is 14.3. The minimum absolute atomic E-state index is 0.0957. The molecule has 1 saturated heterocycles. The van der Waals surface area contributed by atoms with E-state index in [0.29, 0.717) is 13.1 Å². The van der Waals surface area contributed by atoms with Crippen molar-refractivity contribution in [3.8, 4) is 0 Å². The Labute approximate surface area is 173 Å². The highest BCUT2D eigenvalue weighted by molar-refractivity contribution is 7.89. The van der Waals surface area contributed by atoms with Crippen LogP contribution >= 0.6 is 0 Å². The Morgan fingerprint density at radius 1 is 1.07 bits per heavy atom. The summed E-state index contributed by atoms with van der Waals surface area (Å²) >= 11 is 0. The molecule has 0 spiro atoms. The van der Waals surface area contributed by atoms with Gasteiger partial charge in [0.15, 0.2) is 5.76 Å². The lowest BCUT2D eigenvalue weighted by Crippen LogP contribution is -2.46. The summed E-state index contributed by atoms with van der Waals surface area (Å²) in [7, 11) is -2.14. The number of carbonyl (C=O) groups excluding carboxylic acids is 3. The number of benzene rings is 1. The van der Waals surface area contributed by atoms with Crippen molar-refractivity contribution >= 4 is 27.7 Å². The molecule has 0 atom stereocenters. The van der Waals surface area contributed by atoms with Gasteiger partial charge in [-0.1, -0.05) is 0 Å². The van der Waals surface area contributed by atoms with Gasteiger partial charge in [-0.15, -0.1) is 0 Å². The minimum Gasteiger partial charge on any atom is -0.459 e. The molecule has 2 aromatic rings. The molecule has 0 radical (unpaired) electrons. The third kappa shape index (κ3) is 4.86. The van der Waals surface area contributed by atoms with E-state index >= 15 is 0 Å². The van der Waals surface area contributed by atoms with Crippen molar-refractivity contribution in [2.24, 2.45) is 0 Å². The van der Waals surface area contributed by atoms with Crippen LogP contribution in [-0.4, -0.2) is 62.0 Å². The molecule has 0 saturated carbocycles. The first-order valence-electron chi connectivity index (χ1n) is 9.27. The highest BCUT2D eigenvalue weighted by atomic mass is 32.2. The molecule has 2 N–H and O–H groups in total. The Morgan fingerprint density at radius 3 is 2.33 bits per heavy atom. The molecule has 30 heavy (non-hydrogen) atoms. The number of sulfonamides is 1. The van der Waals surface area contributed by atoms with Crippen LogP contribution in [0.25, 0.3) is 0 Å². The fourth-order valence-electron chi connectivity index (χ4n) is 2.97. The summed E-state index contributed by atoms with van der Waals surface area (Å²) in [5, 5.41) is 0. The summed E-state index contributed by atoms with van der Waals surface area (Å²) in [6, 6.07) is 8.50. The van der Waals surface area contributed by atoms with Gasteiger partial charge in [0, 0.05) is 25.7 Å². The maximum Gasteiger partial charge on any atom is 0.289 e. The van der Waals surface area contributed by atoms with Gasteiger partial charge < -0.3 is 9.32 Å². The van der Waals surface area contributed by atoms with Crippen LogP contribution < -0.4 is 10.9 Å². The lowest BCUT2D eigenvalue weighted by atomic mass is 10.2. The van der Waals surface area contributed by atoms with E-state index in [9.17, 15) is 22.8 Å². The lowest BCUT2D eigenvalue weighted by molar-refractivity contribution is -0.122. The predicted molar refractivity (Wildman–Crippen MR) is 106 cm³/mol. The molecular weight excluding hydrogens is 412 g/mol. The van der Waals surface area contributed by atoms with E-state index in [1.165, 1.54) is 47.9 Å². The van der Waals surface area contributed by atoms with Gasteiger partial charge in [-0.3, -0.25) is 25.2 Å². The van der Waals surface area contributed by atoms with Gasteiger partial charge in [-0.2, -0.15) is 4.31 Å². The Morgan fingerprint density at radius 2 is 1.73 bits per heavy atom. The molecule has 160 valence electrons. The van der Waals surface area contributed by atoms with Gasteiger partial charge in [0.05, 0.1) is 11.2 Å². The number of hydrazine groups is 1. The summed E-state index contributed by atoms with van der Waals surface area (Å²) in [6.45, 7) is 0.688. The number of hydrogen-bond donors (Lipinski definition) is 2. The van der Waals surface area contributed by atoms with Crippen molar-refractivity contribution in [1.82, 2.24) is 20.1 Å². The van der Waals surface area contributed by atoms with Crippen molar-refractivity contribution < 1.29 is 27.2 Å². The van der Waals surface area contributed by atoms with Gasteiger partial charge in [-0.25, -0.2) is 8.42 Å². The van der Waals surface area contributed by atoms with Crippen molar-refractivity contribution in [3.05, 3.63) is 54.0 Å². The van der Waals surface area contributed by atoms with Crippen LogP contribution in [0.3, 0.4) is 0 Å². The lowest BCUT2D eigenvalue weighted by Gasteiger charge is -2.16. The number of amides is 3. The Balaban J connectivity index is 1.52. The Bertz CT molecular complexity index is 1010. The van der Waals surface area contributed by atoms with Gasteiger partial charge in [0.25, 0.3) is 17.7 Å². The van der Waals surface area contributed by atoms with E-state index in [1.54, 1.807) is 6.07 Å². The van der Waals surface area contributed by atoms with Crippen LogP contribution in [0.15, 0.2) is 52.0 Å². The SMILES string of the molecule is CN(CC(=O)NNC(=O)c1ccc(S(=O)(=O)N2CCCC2)cc1)C(=O)c1ccco1. The number of hydrogen-bond acceptors (Lipinski definition) is 6. The molecule has 1 aliphatic heterocycles. The number of rotatable bonds is 6. The smallest absolute Gasteiger partial charge is 0.289 e. The van der Waals surface area contributed by atoms with E-state index in [4.69, 9.17) is 4.42 Å². The number of furan rings is 1. The van der Waals surface area contributed by atoms with Gasteiger partial charge in [-0.05, 0) is 49.2 Å². The first-order valence-corrected chi connectivity index (χ1v) is 10.7. The summed E-state index contributed by atoms with van der Waals surface area (Å²) < 4.78 is 31.4. The molecule has 0 aliphatic carbocycles. The summed E-state index contributed by atoms with van der Waals surface area (Å²) in [5.74, 6) is -1.61. The minimum atomic E-state index is -3.56. The van der Waals surface area contributed by atoms with Crippen molar-refractivity contribution in [2.75, 3.05) is 26.7 Å². The van der Waals surface area contributed by atoms with Crippen LogP contribution in [0.5, 0.6) is 0 Å². The molecule has 2 heterocycles. The monoisotopic (exact) mass is 434 g/mol. The van der Waals surface area contributed by atoms with E-state index in [0.717, 1.165) is 17.7 Å². The summed E-state index contributed by atoms with van der Waals surface area (Å²) in [6.07, 6.45) is 3.02. The standard InChI is InChI=1S/C19H22N4O6S/c1-22(19(26)16-5-4-12-29-16)13-17(24)20-21-18(25)14-6-8-15(9-7-14)30(27,28)23-10-2-3-11-23/h4-9,12H,2-3,10-11,13H2,1H3,(H,20,24)(H,21,25). The molecule has 1 aromatic heterocycles. The van der Waals surface area contributed by atoms with E-state index < -0.39 is 27.7 Å². The molecule has 11 heteroatoms. The molecule has 3 rings (SSSR count). The molecule has 1 aliphatic rings. The second-order valence-electron chi connectivity index (χ2n) is 6.78. The van der Waals surface area contributed by atoms with E-state index in [-0.39, 0.29) is 22.8 Å². The van der Waals surface area contributed by atoms with Crippen molar-refractivity contribution in [2.45, 2.75) is 17.7 Å². The van der Waals surface area contributed by atoms with Crippen LogP contribution in [0, 0.1) is 0 Å². The molecule has 0 bridgehead atoms. The van der Waals surface area contributed by atoms with Gasteiger partial charge in [0.1, 0.15) is 6.54 Å². The predicted octanol–water partition coefficient (Wildman–Crippen LogP) is 0.597. The normalized spacial score (nSPS) is 14.3. The zero-order valence-electron chi connectivity index (χ0n) is 16.3. The third-order valence-corrected chi connectivity index (χ3v) is 6.51. The number of carbonyl (C=O) groups is 3. The summed E-state index contributed by atoms with van der Waals surface area (Å²) in [5.41, 5.74) is 4.62. The molecular formula is C19H22N4O6S. The molecule has 10 nitrogen and oxygen atoms in total. The van der Waals surface area contributed by atoms with Crippen LogP contribution in [0.2, 0.25) is 0 Å². The number of nitrogens with one attached hydrogen (secondary N) is 2. The van der Waals surface area contributed by atoms with E-state index in [2.05, 4.69) is 10.9 Å². The summed E-state index contributed by atoms with van der Waals surface area (Å²) in [4.78, 5) is 37.4. The van der Waals surface area contributed by atoms with Crippen molar-refractivity contribution in [3.63, 3.8) is 0 Å². The van der Waals surface area contributed by atoms with Crippen molar-refractivity contribution in [1.29, 1.82) is 0 Å². The van der Waals surface area contributed by atoms with Crippen LogP contribution in [-0.2, 0) is 14.8 Å². The zero-order chi connectivity index (χ0) is 21.7. The highest BCUT2D eigenvalue weighted by Gasteiger charge is 2.27. The second-order valence-corrected chi connectivity index (χ2v) is 8.71. The van der Waals surface area contributed by atoms with Gasteiger partial charge in [0.2, 0.25) is 10.0 Å². The molecule has 1 aromatic carbocycles. The van der Waals surface area contributed by atoms with Crippen LogP contribution in [0.1, 0.15) is 33.8 Å². The first kappa shape index (κ1) is 21.5. The topological polar surface area (TPSA) is 129 Å². The quantitative estimate of drug-likeness (QED) is 0.641.